The van der Waals surface area contributed by atoms with Gasteiger partial charge in [-0.3, -0.25) is 9.78 Å². The predicted molar refractivity (Wildman–Crippen MR) is 96.4 cm³/mol. The molecule has 27 heavy (non-hydrogen) atoms. The molecule has 1 aromatic carbocycles. The van der Waals surface area contributed by atoms with Crippen LogP contribution in [-0.4, -0.2) is 40.0 Å². The third-order valence-corrected chi connectivity index (χ3v) is 4.30. The first-order valence-electron chi connectivity index (χ1n) is 8.21. The maximum atomic E-state index is 14.0. The molecule has 132 valence electrons. The van der Waals surface area contributed by atoms with Gasteiger partial charge in [0.2, 0.25) is 5.95 Å². The number of hydrogen-bond donors (Lipinski definition) is 1. The molecule has 0 unspecified atom stereocenters. The molecule has 0 aliphatic carbocycles. The molecule has 1 N–H and O–H groups in total. The van der Waals surface area contributed by atoms with E-state index in [0.717, 1.165) is 10.9 Å². The average molecular weight is 360 g/mol. The minimum atomic E-state index is -0.511. The van der Waals surface area contributed by atoms with Crippen LogP contribution in [0.5, 0.6) is 0 Å². The number of pyridine rings is 1. The summed E-state index contributed by atoms with van der Waals surface area (Å²) in [6, 6.07) is 10.8. The number of hydrogen-bond acceptors (Lipinski definition) is 5. The molecule has 0 radical (unpaired) electrons. The van der Waals surface area contributed by atoms with E-state index < -0.39 is 5.95 Å². The number of aromatic amines is 1. The molecule has 0 saturated carbocycles. The van der Waals surface area contributed by atoms with Crippen LogP contribution < -0.4 is 0 Å². The van der Waals surface area contributed by atoms with Crippen LogP contribution in [0.25, 0.3) is 39.2 Å². The fraction of sp³-hybridized carbons (Fsp3) is 0.0556. The number of nitrogens with zero attached hydrogens (tertiary/aromatic N) is 7. The van der Waals surface area contributed by atoms with Gasteiger partial charge in [-0.1, -0.05) is 11.3 Å². The lowest BCUT2D eigenvalue weighted by atomic mass is 10.0. The lowest BCUT2D eigenvalue weighted by Crippen LogP contribution is -1.97. The Morgan fingerprint density at radius 3 is 2.89 bits per heavy atom. The second-order valence-corrected chi connectivity index (χ2v) is 6.07. The predicted octanol–water partition coefficient (Wildman–Crippen LogP) is 2.75. The highest BCUT2D eigenvalue weighted by Gasteiger charge is 2.15. The normalized spacial score (nSPS) is 11.3. The van der Waals surface area contributed by atoms with E-state index in [-0.39, 0.29) is 0 Å². The van der Waals surface area contributed by atoms with Crippen molar-refractivity contribution in [1.82, 2.24) is 40.0 Å². The number of H-pyrrole nitrogens is 1. The van der Waals surface area contributed by atoms with Crippen molar-refractivity contribution in [2.45, 2.75) is 0 Å². The molecule has 4 heterocycles. The molecule has 0 aliphatic heterocycles. The van der Waals surface area contributed by atoms with Crippen LogP contribution in [0.3, 0.4) is 0 Å². The number of benzene rings is 1. The first kappa shape index (κ1) is 15.4. The van der Waals surface area contributed by atoms with Gasteiger partial charge in [-0.15, -0.1) is 5.10 Å². The van der Waals surface area contributed by atoms with Crippen molar-refractivity contribution in [1.29, 1.82) is 0 Å². The molecule has 0 atom stereocenters. The number of nitrogens with one attached hydrogen (secondary N) is 1. The van der Waals surface area contributed by atoms with E-state index in [1.54, 1.807) is 27.7 Å². The van der Waals surface area contributed by atoms with Gasteiger partial charge in [0.05, 0.1) is 11.7 Å². The van der Waals surface area contributed by atoms with E-state index in [0.29, 0.717) is 28.3 Å². The average Bonchev–Trinajstić information content (AvgIpc) is 3.40. The van der Waals surface area contributed by atoms with Crippen LogP contribution in [0.1, 0.15) is 0 Å². The largest absolute Gasteiger partial charge is 0.277 e. The van der Waals surface area contributed by atoms with Gasteiger partial charge in [-0.2, -0.15) is 19.3 Å². The number of halogens is 1. The summed E-state index contributed by atoms with van der Waals surface area (Å²) in [4.78, 5) is 3.72. The van der Waals surface area contributed by atoms with Crippen molar-refractivity contribution < 1.29 is 4.39 Å². The van der Waals surface area contributed by atoms with Gasteiger partial charge in [0.1, 0.15) is 11.4 Å². The molecule has 0 aliphatic rings. The summed E-state index contributed by atoms with van der Waals surface area (Å²) >= 11 is 0. The quantitative estimate of drug-likeness (QED) is 0.500. The van der Waals surface area contributed by atoms with E-state index in [2.05, 4.69) is 30.6 Å². The SMILES string of the molecule is Cn1ccc(-n2cc(-c3n[nH]c4ccc(-c5cccnc5F)cc34)nn2)n1. The summed E-state index contributed by atoms with van der Waals surface area (Å²) in [6.45, 7) is 0. The summed E-state index contributed by atoms with van der Waals surface area (Å²) in [6.07, 6.45) is 5.02. The first-order valence-corrected chi connectivity index (χ1v) is 8.21. The second-order valence-electron chi connectivity index (χ2n) is 6.07. The summed E-state index contributed by atoms with van der Waals surface area (Å²) in [5.74, 6) is 0.150. The second kappa shape index (κ2) is 5.84. The number of rotatable bonds is 3. The van der Waals surface area contributed by atoms with Crippen LogP contribution in [0.4, 0.5) is 4.39 Å². The maximum Gasteiger partial charge on any atom is 0.220 e. The van der Waals surface area contributed by atoms with Crippen molar-refractivity contribution in [2.75, 3.05) is 0 Å². The van der Waals surface area contributed by atoms with E-state index in [4.69, 9.17) is 0 Å². The van der Waals surface area contributed by atoms with Crippen LogP contribution in [-0.2, 0) is 7.05 Å². The van der Waals surface area contributed by atoms with Gasteiger partial charge in [0.15, 0.2) is 5.82 Å². The smallest absolute Gasteiger partial charge is 0.220 e. The Kier molecular flexibility index (Phi) is 3.32. The molecule has 5 rings (SSSR count). The standard InChI is InChI=1S/C18H13FN8/c1-26-8-6-16(24-26)27-10-15(22-25-27)17-13-9-11(4-5-14(13)21-23-17)12-3-2-7-20-18(12)19/h2-10H,1H3,(H,21,23). The lowest BCUT2D eigenvalue weighted by Gasteiger charge is -2.02. The fourth-order valence-corrected chi connectivity index (χ4v) is 2.99. The van der Waals surface area contributed by atoms with Crippen molar-refractivity contribution in [3.8, 4) is 28.3 Å². The van der Waals surface area contributed by atoms with Crippen molar-refractivity contribution in [3.05, 3.63) is 60.9 Å². The van der Waals surface area contributed by atoms with Gasteiger partial charge >= 0.3 is 0 Å². The zero-order valence-electron chi connectivity index (χ0n) is 14.2. The number of aryl methyl sites for hydroxylation is 1. The third-order valence-electron chi connectivity index (χ3n) is 4.30. The Bertz CT molecular complexity index is 1270. The zero-order chi connectivity index (χ0) is 18.4. The summed E-state index contributed by atoms with van der Waals surface area (Å²) in [5, 5.41) is 20.8. The van der Waals surface area contributed by atoms with Crippen LogP contribution in [0.15, 0.2) is 55.0 Å². The monoisotopic (exact) mass is 360 g/mol. The fourth-order valence-electron chi connectivity index (χ4n) is 2.99. The Morgan fingerprint density at radius 1 is 1.15 bits per heavy atom. The van der Waals surface area contributed by atoms with Crippen molar-refractivity contribution in [2.24, 2.45) is 7.05 Å². The molecule has 0 saturated heterocycles. The highest BCUT2D eigenvalue weighted by atomic mass is 19.1. The highest BCUT2D eigenvalue weighted by molar-refractivity contribution is 5.94. The van der Waals surface area contributed by atoms with Crippen molar-refractivity contribution >= 4 is 10.9 Å². The Hall–Kier alpha value is -3.88. The van der Waals surface area contributed by atoms with Gasteiger partial charge in [-0.05, 0) is 29.8 Å². The van der Waals surface area contributed by atoms with Crippen LogP contribution >= 0.6 is 0 Å². The van der Waals surface area contributed by atoms with Gasteiger partial charge in [0.25, 0.3) is 0 Å². The van der Waals surface area contributed by atoms with E-state index in [9.17, 15) is 4.39 Å². The van der Waals surface area contributed by atoms with E-state index in [1.165, 1.54) is 6.20 Å². The molecule has 8 nitrogen and oxygen atoms in total. The molecule has 0 spiro atoms. The van der Waals surface area contributed by atoms with Gasteiger partial charge in [-0.25, -0.2) is 4.98 Å². The molecule has 9 heteroatoms. The minimum Gasteiger partial charge on any atom is -0.277 e. The molecular weight excluding hydrogens is 347 g/mol. The molecule has 0 bridgehead atoms. The molecule has 4 aromatic heterocycles. The summed E-state index contributed by atoms with van der Waals surface area (Å²) in [7, 11) is 1.83. The lowest BCUT2D eigenvalue weighted by molar-refractivity contribution is 0.587. The molecule has 0 amide bonds. The molecule has 5 aromatic rings. The first-order chi connectivity index (χ1) is 13.2. The number of fused-ring (bicyclic) bond motifs is 1. The Morgan fingerprint density at radius 2 is 2.07 bits per heavy atom. The van der Waals surface area contributed by atoms with Gasteiger partial charge in [0, 0.05) is 36.5 Å². The summed E-state index contributed by atoms with van der Waals surface area (Å²) in [5.41, 5.74) is 3.20. The topological polar surface area (TPSA) is 90.1 Å². The summed E-state index contributed by atoms with van der Waals surface area (Å²) < 4.78 is 17.3. The maximum absolute atomic E-state index is 14.0. The van der Waals surface area contributed by atoms with Gasteiger partial charge < -0.3 is 0 Å². The third kappa shape index (κ3) is 2.56. The zero-order valence-corrected chi connectivity index (χ0v) is 14.2. The van der Waals surface area contributed by atoms with Crippen molar-refractivity contribution in [3.63, 3.8) is 0 Å². The van der Waals surface area contributed by atoms with E-state index in [1.807, 2.05) is 37.5 Å². The molecule has 0 fully saturated rings. The Balaban J connectivity index is 1.61. The number of aromatic nitrogens is 8. The Labute approximate surface area is 152 Å². The highest BCUT2D eigenvalue weighted by Crippen LogP contribution is 2.30. The van der Waals surface area contributed by atoms with Crippen LogP contribution in [0, 0.1) is 5.95 Å². The van der Waals surface area contributed by atoms with E-state index >= 15 is 0 Å². The molecular formula is C18H13FN8. The van der Waals surface area contributed by atoms with Crippen LogP contribution in [0.2, 0.25) is 0 Å². The minimum absolute atomic E-state index is 0.434.